The smallest absolute Gasteiger partial charge is 0.231 e. The molecule has 0 fully saturated rings. The van der Waals surface area contributed by atoms with Gasteiger partial charge in [0.1, 0.15) is 5.01 Å². The lowest BCUT2D eigenvalue weighted by atomic mass is 10.1. The summed E-state index contributed by atoms with van der Waals surface area (Å²) in [6.45, 7) is 4.11. The number of nitrogens with zero attached hydrogens (tertiary/aromatic N) is 4. The van der Waals surface area contributed by atoms with Crippen molar-refractivity contribution >= 4 is 51.2 Å². The van der Waals surface area contributed by atoms with Crippen LogP contribution in [-0.2, 0) is 17.0 Å². The Morgan fingerprint density at radius 1 is 1.09 bits per heavy atom. The molecule has 0 aliphatic heterocycles. The van der Waals surface area contributed by atoms with Gasteiger partial charge in [-0.05, 0) is 43.7 Å². The van der Waals surface area contributed by atoms with Gasteiger partial charge in [-0.1, -0.05) is 47.7 Å². The number of thioether (sulfide) groups is 1. The Morgan fingerprint density at radius 3 is 2.75 bits per heavy atom. The summed E-state index contributed by atoms with van der Waals surface area (Å²) in [7, 11) is 0. The normalized spacial score (nSPS) is 11.3. The molecule has 0 saturated heterocycles. The molecule has 0 aliphatic carbocycles. The molecule has 5 aromatic rings. The number of hydrogen-bond donors (Lipinski definition) is 1. The summed E-state index contributed by atoms with van der Waals surface area (Å²) >= 11 is 3.11. The van der Waals surface area contributed by atoms with Gasteiger partial charge in [-0.2, -0.15) is 0 Å². The van der Waals surface area contributed by atoms with Gasteiger partial charge in [-0.15, -0.1) is 21.5 Å². The van der Waals surface area contributed by atoms with E-state index in [9.17, 15) is 4.79 Å². The molecule has 32 heavy (non-hydrogen) atoms. The number of rotatable bonds is 6. The van der Waals surface area contributed by atoms with E-state index in [1.165, 1.54) is 22.3 Å². The lowest BCUT2D eigenvalue weighted by Gasteiger charge is -2.06. The van der Waals surface area contributed by atoms with Crippen molar-refractivity contribution in [1.82, 2.24) is 19.6 Å². The first-order valence-electron chi connectivity index (χ1n) is 10.2. The zero-order valence-electron chi connectivity index (χ0n) is 17.7. The van der Waals surface area contributed by atoms with E-state index in [0.29, 0.717) is 5.75 Å². The van der Waals surface area contributed by atoms with Gasteiger partial charge in [-0.25, -0.2) is 4.98 Å². The number of aromatic nitrogens is 4. The highest BCUT2D eigenvalue weighted by atomic mass is 32.2. The molecular weight excluding hydrogens is 438 g/mol. The topological polar surface area (TPSA) is 72.2 Å². The van der Waals surface area contributed by atoms with E-state index in [4.69, 9.17) is 0 Å². The van der Waals surface area contributed by atoms with Crippen molar-refractivity contribution in [3.05, 3.63) is 81.8 Å². The van der Waals surface area contributed by atoms with Gasteiger partial charge in [-0.3, -0.25) is 9.20 Å². The van der Waals surface area contributed by atoms with Crippen molar-refractivity contribution in [1.29, 1.82) is 0 Å². The van der Waals surface area contributed by atoms with E-state index < -0.39 is 0 Å². The Labute approximate surface area is 193 Å². The van der Waals surface area contributed by atoms with E-state index in [1.807, 2.05) is 48.7 Å². The number of thiazole rings is 1. The first-order valence-corrected chi connectivity index (χ1v) is 12.1. The average Bonchev–Trinajstić information content (AvgIpc) is 3.40. The summed E-state index contributed by atoms with van der Waals surface area (Å²) in [4.78, 5) is 17.0. The second kappa shape index (κ2) is 8.72. The summed E-state index contributed by atoms with van der Waals surface area (Å²) in [6, 6.07) is 18.1. The minimum atomic E-state index is -0.0623. The molecule has 1 N–H and O–H groups in total. The first-order chi connectivity index (χ1) is 15.6. The zero-order valence-corrected chi connectivity index (χ0v) is 19.3. The van der Waals surface area contributed by atoms with E-state index in [-0.39, 0.29) is 12.3 Å². The highest BCUT2D eigenvalue weighted by Crippen LogP contribution is 2.28. The molecule has 0 saturated carbocycles. The van der Waals surface area contributed by atoms with Gasteiger partial charge in [0.2, 0.25) is 5.91 Å². The SMILES string of the molecule is Cc1ccc(NC(=O)Cc2nc(CSc3nnc4cc(C)c5ccccc5n34)cs2)cc1. The number of benzene rings is 2. The van der Waals surface area contributed by atoms with E-state index in [1.54, 1.807) is 11.8 Å². The predicted octanol–water partition coefficient (Wildman–Crippen LogP) is 5.43. The van der Waals surface area contributed by atoms with Gasteiger partial charge < -0.3 is 5.32 Å². The van der Waals surface area contributed by atoms with Gasteiger partial charge in [0, 0.05) is 22.2 Å². The lowest BCUT2D eigenvalue weighted by Crippen LogP contribution is -2.14. The molecule has 160 valence electrons. The van der Waals surface area contributed by atoms with E-state index in [0.717, 1.165) is 38.3 Å². The third-order valence-electron chi connectivity index (χ3n) is 5.17. The number of anilines is 1. The van der Waals surface area contributed by atoms with Crippen LogP contribution in [0.1, 0.15) is 21.8 Å². The molecule has 5 rings (SSSR count). The van der Waals surface area contributed by atoms with Gasteiger partial charge in [0.25, 0.3) is 0 Å². The molecule has 0 spiro atoms. The molecule has 0 aliphatic rings. The van der Waals surface area contributed by atoms with Crippen LogP contribution in [0.4, 0.5) is 5.69 Å². The Bertz CT molecular complexity index is 1420. The van der Waals surface area contributed by atoms with Crippen LogP contribution >= 0.6 is 23.1 Å². The van der Waals surface area contributed by atoms with Gasteiger partial charge in [0.05, 0.1) is 17.6 Å². The molecule has 6 nitrogen and oxygen atoms in total. The number of carbonyl (C=O) groups is 1. The van der Waals surface area contributed by atoms with Crippen LogP contribution in [0, 0.1) is 13.8 Å². The number of amides is 1. The zero-order chi connectivity index (χ0) is 22.1. The summed E-state index contributed by atoms with van der Waals surface area (Å²) < 4.78 is 2.09. The van der Waals surface area contributed by atoms with Crippen molar-refractivity contribution < 1.29 is 4.79 Å². The summed E-state index contributed by atoms with van der Waals surface area (Å²) in [5, 5.41) is 16.5. The van der Waals surface area contributed by atoms with Crippen LogP contribution in [0.2, 0.25) is 0 Å². The molecular formula is C24H21N5OS2. The largest absolute Gasteiger partial charge is 0.326 e. The van der Waals surface area contributed by atoms with Crippen molar-refractivity contribution in [2.75, 3.05) is 5.32 Å². The highest BCUT2D eigenvalue weighted by molar-refractivity contribution is 7.98. The Kier molecular flexibility index (Phi) is 5.63. The third kappa shape index (κ3) is 4.24. The summed E-state index contributed by atoms with van der Waals surface area (Å²) in [6.07, 6.45) is 0.265. The van der Waals surface area contributed by atoms with Crippen molar-refractivity contribution in [3.8, 4) is 0 Å². The number of pyridine rings is 1. The van der Waals surface area contributed by atoms with Crippen molar-refractivity contribution in [3.63, 3.8) is 0 Å². The van der Waals surface area contributed by atoms with E-state index >= 15 is 0 Å². The molecule has 3 aromatic heterocycles. The van der Waals surface area contributed by atoms with E-state index in [2.05, 4.69) is 50.0 Å². The predicted molar refractivity (Wildman–Crippen MR) is 130 cm³/mol. The Hall–Kier alpha value is -3.23. The second-order valence-corrected chi connectivity index (χ2v) is 9.52. The molecule has 0 radical (unpaired) electrons. The Balaban J connectivity index is 1.27. The second-order valence-electron chi connectivity index (χ2n) is 7.63. The van der Waals surface area contributed by atoms with Crippen LogP contribution in [-0.4, -0.2) is 25.5 Å². The maximum atomic E-state index is 12.3. The average molecular weight is 460 g/mol. The first kappa shape index (κ1) is 20.7. The fourth-order valence-electron chi connectivity index (χ4n) is 3.58. The molecule has 0 unspecified atom stereocenters. The number of fused-ring (bicyclic) bond motifs is 3. The Morgan fingerprint density at radius 2 is 1.91 bits per heavy atom. The molecule has 0 atom stereocenters. The highest BCUT2D eigenvalue weighted by Gasteiger charge is 2.13. The molecule has 1 amide bonds. The number of carbonyl (C=O) groups excluding carboxylic acids is 1. The number of aryl methyl sites for hydroxylation is 2. The standard InChI is InChI=1S/C24H21N5OS2/c1-15-7-9-17(10-8-15)25-22(30)12-23-26-18(13-31-23)14-32-24-28-27-21-11-16(2)19-5-3-4-6-20(19)29(21)24/h3-11,13H,12,14H2,1-2H3,(H,25,30). The molecule has 0 bridgehead atoms. The van der Waals surface area contributed by atoms with Crippen LogP contribution in [0.25, 0.3) is 16.6 Å². The van der Waals surface area contributed by atoms with Crippen molar-refractivity contribution in [2.45, 2.75) is 31.2 Å². The fraction of sp³-hybridized carbons (Fsp3) is 0.167. The fourth-order valence-corrected chi connectivity index (χ4v) is 5.32. The quantitative estimate of drug-likeness (QED) is 0.343. The lowest BCUT2D eigenvalue weighted by molar-refractivity contribution is -0.115. The van der Waals surface area contributed by atoms with Crippen LogP contribution in [0.15, 0.2) is 65.1 Å². The molecule has 2 aromatic carbocycles. The third-order valence-corrected chi connectivity index (χ3v) is 7.03. The van der Waals surface area contributed by atoms with Crippen LogP contribution in [0.5, 0.6) is 0 Å². The van der Waals surface area contributed by atoms with Crippen molar-refractivity contribution in [2.24, 2.45) is 0 Å². The summed E-state index contributed by atoms with van der Waals surface area (Å²) in [5.41, 5.74) is 6.02. The number of hydrogen-bond acceptors (Lipinski definition) is 6. The molecule has 8 heteroatoms. The van der Waals surface area contributed by atoms with Crippen LogP contribution in [0.3, 0.4) is 0 Å². The van der Waals surface area contributed by atoms with Gasteiger partial charge in [0.15, 0.2) is 10.8 Å². The summed E-state index contributed by atoms with van der Waals surface area (Å²) in [5.74, 6) is 0.603. The van der Waals surface area contributed by atoms with Crippen LogP contribution < -0.4 is 5.32 Å². The number of nitrogens with one attached hydrogen (secondary N) is 1. The minimum absolute atomic E-state index is 0.0623. The maximum Gasteiger partial charge on any atom is 0.231 e. The molecule has 3 heterocycles. The monoisotopic (exact) mass is 459 g/mol. The number of para-hydroxylation sites is 1. The maximum absolute atomic E-state index is 12.3. The minimum Gasteiger partial charge on any atom is -0.326 e. The van der Waals surface area contributed by atoms with Gasteiger partial charge >= 0.3 is 0 Å².